The van der Waals surface area contributed by atoms with Crippen LogP contribution in [0.25, 0.3) is 0 Å². The first-order valence-electron chi connectivity index (χ1n) is 6.34. The number of ether oxygens (including phenoxy) is 1. The van der Waals surface area contributed by atoms with Gasteiger partial charge in [-0.05, 0) is 31.7 Å². The van der Waals surface area contributed by atoms with Crippen molar-refractivity contribution in [1.29, 1.82) is 0 Å². The number of aliphatic hydroxyl groups excluding tert-OH is 2. The maximum atomic E-state index is 9.91. The van der Waals surface area contributed by atoms with E-state index in [0.717, 1.165) is 24.8 Å². The highest BCUT2D eigenvalue weighted by molar-refractivity contribution is 5.35. The fraction of sp³-hybridized carbons (Fsp3) is 0.571. The van der Waals surface area contributed by atoms with Crippen molar-refractivity contribution in [2.45, 2.75) is 50.9 Å². The van der Waals surface area contributed by atoms with Crippen molar-refractivity contribution >= 4 is 0 Å². The first-order valence-corrected chi connectivity index (χ1v) is 6.34. The van der Waals surface area contributed by atoms with Gasteiger partial charge in [0, 0.05) is 5.56 Å². The van der Waals surface area contributed by atoms with Gasteiger partial charge in [-0.1, -0.05) is 25.1 Å². The number of aliphatic hydroxyl groups is 2. The number of hydrogen-bond donors (Lipinski definition) is 2. The predicted octanol–water partition coefficient (Wildman–Crippen LogP) is 2.42. The largest absolute Gasteiger partial charge is 0.487 e. The zero-order valence-electron chi connectivity index (χ0n) is 10.2. The van der Waals surface area contributed by atoms with Crippen LogP contribution in [-0.2, 0) is 0 Å². The molecule has 0 heterocycles. The van der Waals surface area contributed by atoms with Crippen LogP contribution in [0.2, 0.25) is 0 Å². The van der Waals surface area contributed by atoms with Crippen LogP contribution < -0.4 is 4.74 Å². The molecule has 0 aliphatic heterocycles. The van der Waals surface area contributed by atoms with E-state index in [2.05, 4.69) is 0 Å². The molecule has 1 aromatic rings. The molecule has 0 spiro atoms. The number of benzene rings is 1. The Kier molecular flexibility index (Phi) is 4.02. The maximum Gasteiger partial charge on any atom is 0.125 e. The summed E-state index contributed by atoms with van der Waals surface area (Å²) < 4.78 is 5.83. The SMILES string of the molecule is CCC(O)c1ccccc1OC1CCCC1O. The molecule has 1 aliphatic carbocycles. The predicted molar refractivity (Wildman–Crippen MR) is 66.0 cm³/mol. The molecule has 2 N–H and O–H groups in total. The summed E-state index contributed by atoms with van der Waals surface area (Å²) in [6, 6.07) is 7.53. The van der Waals surface area contributed by atoms with Crippen molar-refractivity contribution in [2.75, 3.05) is 0 Å². The van der Waals surface area contributed by atoms with Crippen molar-refractivity contribution < 1.29 is 14.9 Å². The summed E-state index contributed by atoms with van der Waals surface area (Å²) in [6.45, 7) is 1.94. The lowest BCUT2D eigenvalue weighted by Gasteiger charge is -2.21. The Morgan fingerprint density at radius 2 is 2.12 bits per heavy atom. The molecule has 0 bridgehead atoms. The van der Waals surface area contributed by atoms with Gasteiger partial charge < -0.3 is 14.9 Å². The van der Waals surface area contributed by atoms with Gasteiger partial charge in [0.15, 0.2) is 0 Å². The molecular formula is C14H20O3. The smallest absolute Gasteiger partial charge is 0.125 e. The van der Waals surface area contributed by atoms with Crippen LogP contribution in [0, 0.1) is 0 Å². The Morgan fingerprint density at radius 3 is 2.76 bits per heavy atom. The molecule has 3 atom stereocenters. The van der Waals surface area contributed by atoms with Crippen molar-refractivity contribution in [1.82, 2.24) is 0 Å². The molecular weight excluding hydrogens is 216 g/mol. The Balaban J connectivity index is 2.14. The lowest BCUT2D eigenvalue weighted by atomic mass is 10.1. The van der Waals surface area contributed by atoms with E-state index >= 15 is 0 Å². The Hall–Kier alpha value is -1.06. The highest BCUT2D eigenvalue weighted by Crippen LogP contribution is 2.31. The summed E-state index contributed by atoms with van der Waals surface area (Å²) in [5, 5.41) is 19.7. The Morgan fingerprint density at radius 1 is 1.35 bits per heavy atom. The van der Waals surface area contributed by atoms with Gasteiger partial charge in [-0.25, -0.2) is 0 Å². The Labute approximate surface area is 102 Å². The molecule has 1 saturated carbocycles. The monoisotopic (exact) mass is 236 g/mol. The van der Waals surface area contributed by atoms with Gasteiger partial charge in [-0.2, -0.15) is 0 Å². The van der Waals surface area contributed by atoms with E-state index in [1.54, 1.807) is 0 Å². The molecule has 3 nitrogen and oxygen atoms in total. The number of para-hydroxylation sites is 1. The summed E-state index contributed by atoms with van der Waals surface area (Å²) >= 11 is 0. The van der Waals surface area contributed by atoms with E-state index < -0.39 is 6.10 Å². The van der Waals surface area contributed by atoms with Gasteiger partial charge >= 0.3 is 0 Å². The van der Waals surface area contributed by atoms with Crippen molar-refractivity contribution in [3.63, 3.8) is 0 Å². The summed E-state index contributed by atoms with van der Waals surface area (Å²) in [4.78, 5) is 0. The second-order valence-corrected chi connectivity index (χ2v) is 4.62. The molecule has 1 aliphatic rings. The maximum absolute atomic E-state index is 9.91. The average Bonchev–Trinajstić information content (AvgIpc) is 2.75. The van der Waals surface area contributed by atoms with E-state index in [9.17, 15) is 10.2 Å². The third kappa shape index (κ3) is 2.79. The van der Waals surface area contributed by atoms with Crippen LogP contribution in [0.3, 0.4) is 0 Å². The fourth-order valence-corrected chi connectivity index (χ4v) is 2.29. The van der Waals surface area contributed by atoms with E-state index in [1.807, 2.05) is 31.2 Å². The van der Waals surface area contributed by atoms with Crippen LogP contribution in [-0.4, -0.2) is 22.4 Å². The minimum absolute atomic E-state index is 0.125. The van der Waals surface area contributed by atoms with Gasteiger partial charge in [0.2, 0.25) is 0 Å². The van der Waals surface area contributed by atoms with Crippen LogP contribution >= 0.6 is 0 Å². The quantitative estimate of drug-likeness (QED) is 0.844. The zero-order chi connectivity index (χ0) is 12.3. The first-order chi connectivity index (χ1) is 8.22. The van der Waals surface area contributed by atoms with Gasteiger partial charge in [-0.15, -0.1) is 0 Å². The normalized spacial score (nSPS) is 25.8. The molecule has 94 valence electrons. The highest BCUT2D eigenvalue weighted by Gasteiger charge is 2.27. The molecule has 17 heavy (non-hydrogen) atoms. The van der Waals surface area contributed by atoms with Crippen molar-refractivity contribution in [3.05, 3.63) is 29.8 Å². The molecule has 0 radical (unpaired) electrons. The third-order valence-corrected chi connectivity index (χ3v) is 3.36. The average molecular weight is 236 g/mol. The van der Waals surface area contributed by atoms with Crippen molar-refractivity contribution in [2.24, 2.45) is 0 Å². The zero-order valence-corrected chi connectivity index (χ0v) is 10.2. The van der Waals surface area contributed by atoms with E-state index in [-0.39, 0.29) is 12.2 Å². The summed E-state index contributed by atoms with van der Waals surface area (Å²) in [6.07, 6.45) is 2.37. The van der Waals surface area contributed by atoms with E-state index in [1.165, 1.54) is 0 Å². The topological polar surface area (TPSA) is 49.7 Å². The summed E-state index contributed by atoms with van der Waals surface area (Å²) in [5.41, 5.74) is 0.814. The highest BCUT2D eigenvalue weighted by atomic mass is 16.5. The van der Waals surface area contributed by atoms with Crippen LogP contribution in [0.4, 0.5) is 0 Å². The van der Waals surface area contributed by atoms with E-state index in [4.69, 9.17) is 4.74 Å². The molecule has 3 unspecified atom stereocenters. The summed E-state index contributed by atoms with van der Waals surface area (Å²) in [7, 11) is 0. The molecule has 1 fully saturated rings. The minimum atomic E-state index is -0.496. The molecule has 0 amide bonds. The van der Waals surface area contributed by atoms with Gasteiger partial charge in [0.05, 0.1) is 12.2 Å². The molecule has 0 saturated heterocycles. The van der Waals surface area contributed by atoms with Gasteiger partial charge in [0.1, 0.15) is 11.9 Å². The van der Waals surface area contributed by atoms with Gasteiger partial charge in [-0.3, -0.25) is 0 Å². The standard InChI is InChI=1S/C14H20O3/c1-2-11(15)10-6-3-4-8-13(10)17-14-9-5-7-12(14)16/h3-4,6,8,11-12,14-16H,2,5,7,9H2,1H3. The first kappa shape index (κ1) is 12.4. The second kappa shape index (κ2) is 5.52. The second-order valence-electron chi connectivity index (χ2n) is 4.62. The lowest BCUT2D eigenvalue weighted by molar-refractivity contribution is 0.0571. The third-order valence-electron chi connectivity index (χ3n) is 3.36. The molecule has 2 rings (SSSR count). The number of rotatable bonds is 4. The minimum Gasteiger partial charge on any atom is -0.487 e. The van der Waals surface area contributed by atoms with Crippen LogP contribution in [0.5, 0.6) is 5.75 Å². The Bertz CT molecular complexity index is 364. The van der Waals surface area contributed by atoms with Crippen LogP contribution in [0.1, 0.15) is 44.3 Å². The van der Waals surface area contributed by atoms with Gasteiger partial charge in [0.25, 0.3) is 0 Å². The summed E-state index contributed by atoms with van der Waals surface area (Å²) in [5.74, 6) is 0.702. The molecule has 1 aromatic carbocycles. The van der Waals surface area contributed by atoms with Crippen LogP contribution in [0.15, 0.2) is 24.3 Å². The van der Waals surface area contributed by atoms with E-state index in [0.29, 0.717) is 12.2 Å². The number of hydrogen-bond acceptors (Lipinski definition) is 3. The van der Waals surface area contributed by atoms with Crippen molar-refractivity contribution in [3.8, 4) is 5.75 Å². The molecule has 3 heteroatoms. The fourth-order valence-electron chi connectivity index (χ4n) is 2.29. The molecule has 0 aromatic heterocycles. The lowest BCUT2D eigenvalue weighted by Crippen LogP contribution is -2.26.